The van der Waals surface area contributed by atoms with E-state index in [1.165, 1.54) is 0 Å². The minimum absolute atomic E-state index is 0.00645. The smallest absolute Gasteiger partial charge is 0.230 e. The van der Waals surface area contributed by atoms with E-state index in [1.807, 2.05) is 25.1 Å². The molecule has 1 aliphatic rings. The highest BCUT2D eigenvalue weighted by atomic mass is 16.5. The van der Waals surface area contributed by atoms with Crippen LogP contribution in [0.3, 0.4) is 0 Å². The van der Waals surface area contributed by atoms with Gasteiger partial charge in [0.2, 0.25) is 5.91 Å². The topological polar surface area (TPSA) is 79.5 Å². The molecule has 1 N–H and O–H groups in total. The van der Waals surface area contributed by atoms with Crippen LogP contribution in [-0.2, 0) is 11.2 Å². The number of carbonyl (C=O) groups is 1. The first-order valence-corrected chi connectivity index (χ1v) is 7.39. The van der Waals surface area contributed by atoms with Gasteiger partial charge in [0.15, 0.2) is 0 Å². The molecule has 0 unspecified atom stereocenters. The summed E-state index contributed by atoms with van der Waals surface area (Å²) in [5.41, 5.74) is 1.69. The number of amides is 1. The third-order valence-electron chi connectivity index (χ3n) is 4.10. The number of rotatable bonds is 4. The van der Waals surface area contributed by atoms with Gasteiger partial charge in [0.05, 0.1) is 12.1 Å². The molecule has 0 radical (unpaired) electrons. The quantitative estimate of drug-likeness (QED) is 0.916. The minimum atomic E-state index is -0.00645. The van der Waals surface area contributed by atoms with Gasteiger partial charge in [-0.15, -0.1) is 0 Å². The summed E-state index contributed by atoms with van der Waals surface area (Å²) < 4.78 is 5.10. The molecular formula is C16H19N3O3. The maximum absolute atomic E-state index is 12.4. The van der Waals surface area contributed by atoms with Gasteiger partial charge in [-0.2, -0.15) is 0 Å². The third kappa shape index (κ3) is 3.01. The number of nitrogens with zero attached hydrogens (tertiary/aromatic N) is 3. The molecule has 2 aromatic rings. The summed E-state index contributed by atoms with van der Waals surface area (Å²) >= 11 is 0. The van der Waals surface area contributed by atoms with Crippen molar-refractivity contribution in [3.05, 3.63) is 47.6 Å². The maximum atomic E-state index is 12.4. The van der Waals surface area contributed by atoms with Crippen molar-refractivity contribution in [1.82, 2.24) is 15.0 Å². The zero-order valence-corrected chi connectivity index (χ0v) is 12.5. The lowest BCUT2D eigenvalue weighted by Crippen LogP contribution is -2.30. The molecule has 1 fully saturated rings. The van der Waals surface area contributed by atoms with Gasteiger partial charge < -0.3 is 14.5 Å². The average Bonchev–Trinajstić information content (AvgIpc) is 3.14. The van der Waals surface area contributed by atoms with E-state index in [-0.39, 0.29) is 30.8 Å². The molecule has 1 aliphatic heterocycles. The highest BCUT2D eigenvalue weighted by Gasteiger charge is 2.36. The number of hydrogen-bond donors (Lipinski definition) is 1. The standard InChI is InChI=1S/C16H19N3O3/c1-11-6-13(22-18-11)7-16(21)19-8-12(10-20)14(9-19)15-4-2-3-5-17-15/h2-6,12,14,20H,7-10H2,1H3/t12-,14+/m0/s1. The number of hydrogen-bond acceptors (Lipinski definition) is 5. The number of aromatic nitrogens is 2. The van der Waals surface area contributed by atoms with Crippen LogP contribution in [0.4, 0.5) is 0 Å². The van der Waals surface area contributed by atoms with E-state index >= 15 is 0 Å². The van der Waals surface area contributed by atoms with Crippen molar-refractivity contribution in [3.63, 3.8) is 0 Å². The van der Waals surface area contributed by atoms with Gasteiger partial charge in [0.25, 0.3) is 0 Å². The Morgan fingerprint density at radius 3 is 2.95 bits per heavy atom. The third-order valence-corrected chi connectivity index (χ3v) is 4.10. The molecule has 0 aromatic carbocycles. The van der Waals surface area contributed by atoms with Crippen LogP contribution in [0.5, 0.6) is 0 Å². The second-order valence-corrected chi connectivity index (χ2v) is 5.71. The Kier molecular flexibility index (Phi) is 4.20. The Balaban J connectivity index is 1.69. The van der Waals surface area contributed by atoms with Gasteiger partial charge in [-0.05, 0) is 19.1 Å². The van der Waals surface area contributed by atoms with Crippen LogP contribution in [-0.4, -0.2) is 45.8 Å². The monoisotopic (exact) mass is 301 g/mol. The van der Waals surface area contributed by atoms with E-state index in [0.717, 1.165) is 11.4 Å². The fourth-order valence-corrected chi connectivity index (χ4v) is 2.95. The predicted octanol–water partition coefficient (Wildman–Crippen LogP) is 1.16. The Morgan fingerprint density at radius 1 is 1.45 bits per heavy atom. The highest BCUT2D eigenvalue weighted by molar-refractivity contribution is 5.78. The first-order valence-electron chi connectivity index (χ1n) is 7.39. The molecular weight excluding hydrogens is 282 g/mol. The van der Waals surface area contributed by atoms with Crippen molar-refractivity contribution in [1.29, 1.82) is 0 Å². The van der Waals surface area contributed by atoms with Crippen LogP contribution in [0.2, 0.25) is 0 Å². The molecule has 3 heterocycles. The number of aliphatic hydroxyl groups is 1. The van der Waals surface area contributed by atoms with Gasteiger partial charge in [-0.1, -0.05) is 11.2 Å². The van der Waals surface area contributed by atoms with Gasteiger partial charge in [0, 0.05) is 49.5 Å². The molecule has 0 bridgehead atoms. The largest absolute Gasteiger partial charge is 0.396 e. The first-order chi connectivity index (χ1) is 10.7. The fraction of sp³-hybridized carbons (Fsp3) is 0.438. The van der Waals surface area contributed by atoms with Crippen LogP contribution >= 0.6 is 0 Å². The first kappa shape index (κ1) is 14.7. The summed E-state index contributed by atoms with van der Waals surface area (Å²) in [5, 5.41) is 13.4. The summed E-state index contributed by atoms with van der Waals surface area (Å²) in [6, 6.07) is 7.51. The van der Waals surface area contributed by atoms with Crippen molar-refractivity contribution in [3.8, 4) is 0 Å². The van der Waals surface area contributed by atoms with E-state index < -0.39 is 0 Å². The van der Waals surface area contributed by atoms with Gasteiger partial charge in [0.1, 0.15) is 5.76 Å². The Labute approximate surface area is 128 Å². The Hall–Kier alpha value is -2.21. The SMILES string of the molecule is Cc1cc(CC(=O)N2C[C@@H](CO)[C@H](c3ccccn3)C2)on1. The van der Waals surface area contributed by atoms with Crippen LogP contribution in [0, 0.1) is 12.8 Å². The van der Waals surface area contributed by atoms with E-state index in [1.54, 1.807) is 17.2 Å². The fourth-order valence-electron chi connectivity index (χ4n) is 2.95. The zero-order chi connectivity index (χ0) is 15.5. The van der Waals surface area contributed by atoms with Crippen LogP contribution in [0.25, 0.3) is 0 Å². The van der Waals surface area contributed by atoms with Crippen LogP contribution < -0.4 is 0 Å². The van der Waals surface area contributed by atoms with E-state index in [2.05, 4.69) is 10.1 Å². The normalized spacial score (nSPS) is 21.3. The molecule has 0 aliphatic carbocycles. The summed E-state index contributed by atoms with van der Waals surface area (Å²) in [6.07, 6.45) is 1.94. The lowest BCUT2D eigenvalue weighted by Gasteiger charge is -2.15. The molecule has 1 saturated heterocycles. The number of pyridine rings is 1. The van der Waals surface area contributed by atoms with Gasteiger partial charge >= 0.3 is 0 Å². The van der Waals surface area contributed by atoms with Crippen molar-refractivity contribution >= 4 is 5.91 Å². The number of aryl methyl sites for hydroxylation is 1. The molecule has 2 aromatic heterocycles. The lowest BCUT2D eigenvalue weighted by atomic mass is 9.93. The molecule has 22 heavy (non-hydrogen) atoms. The second kappa shape index (κ2) is 6.27. The predicted molar refractivity (Wildman–Crippen MR) is 79.1 cm³/mol. The molecule has 0 saturated carbocycles. The van der Waals surface area contributed by atoms with Crippen molar-refractivity contribution in [2.75, 3.05) is 19.7 Å². The Bertz CT molecular complexity index is 641. The number of carbonyl (C=O) groups excluding carboxylic acids is 1. The maximum Gasteiger partial charge on any atom is 0.230 e. The van der Waals surface area contributed by atoms with Crippen LogP contribution in [0.1, 0.15) is 23.1 Å². The molecule has 2 atom stereocenters. The molecule has 3 rings (SSSR count). The van der Waals surface area contributed by atoms with Gasteiger partial charge in [-0.25, -0.2) is 0 Å². The minimum Gasteiger partial charge on any atom is -0.396 e. The Morgan fingerprint density at radius 2 is 2.32 bits per heavy atom. The summed E-state index contributed by atoms with van der Waals surface area (Å²) in [7, 11) is 0. The van der Waals surface area contributed by atoms with E-state index in [4.69, 9.17) is 4.52 Å². The molecule has 0 spiro atoms. The zero-order valence-electron chi connectivity index (χ0n) is 12.5. The van der Waals surface area contributed by atoms with E-state index in [9.17, 15) is 9.90 Å². The molecule has 6 heteroatoms. The van der Waals surface area contributed by atoms with Crippen molar-refractivity contribution in [2.45, 2.75) is 19.3 Å². The highest BCUT2D eigenvalue weighted by Crippen LogP contribution is 2.31. The van der Waals surface area contributed by atoms with Crippen molar-refractivity contribution in [2.24, 2.45) is 5.92 Å². The number of likely N-dealkylation sites (tertiary alicyclic amines) is 1. The van der Waals surface area contributed by atoms with Gasteiger partial charge in [-0.3, -0.25) is 9.78 Å². The van der Waals surface area contributed by atoms with Crippen molar-refractivity contribution < 1.29 is 14.4 Å². The lowest BCUT2D eigenvalue weighted by molar-refractivity contribution is -0.129. The summed E-state index contributed by atoms with van der Waals surface area (Å²) in [5.74, 6) is 0.666. The molecule has 6 nitrogen and oxygen atoms in total. The molecule has 116 valence electrons. The number of aliphatic hydroxyl groups excluding tert-OH is 1. The van der Waals surface area contributed by atoms with E-state index in [0.29, 0.717) is 18.8 Å². The summed E-state index contributed by atoms with van der Waals surface area (Å²) in [6.45, 7) is 3.00. The molecule has 1 amide bonds. The summed E-state index contributed by atoms with van der Waals surface area (Å²) in [4.78, 5) is 18.5. The second-order valence-electron chi connectivity index (χ2n) is 5.71. The average molecular weight is 301 g/mol. The van der Waals surface area contributed by atoms with Crippen LogP contribution in [0.15, 0.2) is 35.0 Å².